The number of hydrogen-bond acceptors (Lipinski definition) is 4. The fourth-order valence-electron chi connectivity index (χ4n) is 14.7. The molecule has 8 heteroatoms. The first-order chi connectivity index (χ1) is 24.7. The van der Waals surface area contributed by atoms with Crippen LogP contribution >= 0.6 is 63.7 Å². The van der Waals surface area contributed by atoms with E-state index in [1.807, 2.05) is 24.3 Å². The molecular formula is C44H42Br4O4. The van der Waals surface area contributed by atoms with Crippen molar-refractivity contribution < 1.29 is 20.4 Å². The lowest BCUT2D eigenvalue weighted by Gasteiger charge is -2.77. The molecule has 4 aromatic rings. The Kier molecular flexibility index (Phi) is 7.49. The first-order valence-electron chi connectivity index (χ1n) is 18.7. The third-order valence-corrected chi connectivity index (χ3v) is 18.0. The summed E-state index contributed by atoms with van der Waals surface area (Å²) in [6.45, 7) is 0. The van der Waals surface area contributed by atoms with Gasteiger partial charge in [0.2, 0.25) is 0 Å². The van der Waals surface area contributed by atoms with Gasteiger partial charge in [0.15, 0.2) is 0 Å². The van der Waals surface area contributed by atoms with E-state index < -0.39 is 0 Å². The molecule has 270 valence electrons. The molecule has 0 heterocycles. The lowest BCUT2D eigenvalue weighted by Crippen LogP contribution is -2.70. The smallest absolute Gasteiger partial charge is 0.129 e. The summed E-state index contributed by atoms with van der Waals surface area (Å²) in [5, 5.41) is 42.6. The van der Waals surface area contributed by atoms with Gasteiger partial charge in [0.25, 0.3) is 0 Å². The van der Waals surface area contributed by atoms with Crippen LogP contribution < -0.4 is 0 Å². The molecule has 12 rings (SSSR count). The first-order valence-corrected chi connectivity index (χ1v) is 21.8. The molecule has 8 aliphatic carbocycles. The molecule has 4 aromatic carbocycles. The van der Waals surface area contributed by atoms with Gasteiger partial charge in [0.1, 0.15) is 23.0 Å². The third-order valence-electron chi connectivity index (χ3n) is 15.5. The van der Waals surface area contributed by atoms with E-state index in [0.29, 0.717) is 11.8 Å². The highest BCUT2D eigenvalue weighted by molar-refractivity contribution is 9.11. The minimum atomic E-state index is -0.0349. The number of halogens is 4. The highest BCUT2D eigenvalue weighted by Gasteiger charge is 2.75. The molecule has 8 saturated carbocycles. The van der Waals surface area contributed by atoms with Crippen molar-refractivity contribution >= 4 is 63.7 Å². The van der Waals surface area contributed by atoms with Crippen molar-refractivity contribution in [1.82, 2.24) is 0 Å². The molecular weight excluding hydrogens is 912 g/mol. The fraction of sp³-hybridized carbons (Fsp3) is 0.455. The molecule has 8 fully saturated rings. The summed E-state index contributed by atoms with van der Waals surface area (Å²) in [7, 11) is 0. The molecule has 0 saturated heterocycles. The Hall–Kier alpha value is -2.00. The van der Waals surface area contributed by atoms with E-state index in [0.717, 1.165) is 56.4 Å². The predicted octanol–water partition coefficient (Wildman–Crippen LogP) is 12.6. The third kappa shape index (κ3) is 4.78. The summed E-state index contributed by atoms with van der Waals surface area (Å²) in [5.74, 6) is 2.27. The van der Waals surface area contributed by atoms with Crippen molar-refractivity contribution in [3.05, 3.63) is 113 Å². The summed E-state index contributed by atoms with van der Waals surface area (Å²) >= 11 is 14.8. The van der Waals surface area contributed by atoms with Crippen molar-refractivity contribution in [2.45, 2.75) is 98.7 Å². The van der Waals surface area contributed by atoms with Gasteiger partial charge in [-0.3, -0.25) is 0 Å². The predicted molar refractivity (Wildman–Crippen MR) is 217 cm³/mol. The van der Waals surface area contributed by atoms with E-state index in [4.69, 9.17) is 0 Å². The van der Waals surface area contributed by atoms with Gasteiger partial charge in [-0.05, 0) is 256 Å². The molecule has 8 aliphatic rings. The lowest BCUT2D eigenvalue weighted by molar-refractivity contribution is -0.224. The van der Waals surface area contributed by atoms with Crippen molar-refractivity contribution in [2.24, 2.45) is 22.7 Å². The fourth-order valence-corrected chi connectivity index (χ4v) is 16.2. The van der Waals surface area contributed by atoms with Crippen LogP contribution in [0.4, 0.5) is 0 Å². The van der Waals surface area contributed by atoms with Crippen LogP contribution in [0.5, 0.6) is 23.0 Å². The minimum absolute atomic E-state index is 0.0349. The molecule has 4 nitrogen and oxygen atoms in total. The van der Waals surface area contributed by atoms with Gasteiger partial charge in [-0.2, -0.15) is 0 Å². The second kappa shape index (κ2) is 11.3. The topological polar surface area (TPSA) is 80.9 Å². The van der Waals surface area contributed by atoms with Crippen LogP contribution in [0.15, 0.2) is 90.7 Å². The average molecular weight is 954 g/mol. The Labute approximate surface area is 339 Å². The number of hydrogen-bond donors (Lipinski definition) is 4. The number of phenolic OH excluding ortho intramolecular Hbond substituents is 4. The molecule has 0 spiro atoms. The Morgan fingerprint density at radius 2 is 0.615 bits per heavy atom. The highest BCUT2D eigenvalue weighted by atomic mass is 79.9. The Morgan fingerprint density at radius 3 is 0.846 bits per heavy atom. The van der Waals surface area contributed by atoms with Crippen molar-refractivity contribution in [3.8, 4) is 23.0 Å². The van der Waals surface area contributed by atoms with Crippen molar-refractivity contribution in [3.63, 3.8) is 0 Å². The molecule has 0 radical (unpaired) electrons. The Balaban J connectivity index is 1.20. The maximum Gasteiger partial charge on any atom is 0.129 e. The van der Waals surface area contributed by atoms with Gasteiger partial charge >= 0.3 is 0 Å². The van der Waals surface area contributed by atoms with Gasteiger partial charge in [-0.15, -0.1) is 0 Å². The van der Waals surface area contributed by atoms with Crippen LogP contribution in [-0.2, 0) is 21.7 Å². The number of benzene rings is 4. The summed E-state index contributed by atoms with van der Waals surface area (Å²) in [6.07, 6.45) is 13.9. The van der Waals surface area contributed by atoms with Gasteiger partial charge < -0.3 is 20.4 Å². The van der Waals surface area contributed by atoms with Gasteiger partial charge in [0.05, 0.1) is 17.9 Å². The maximum absolute atomic E-state index is 10.6. The monoisotopic (exact) mass is 950 g/mol. The van der Waals surface area contributed by atoms with Crippen LogP contribution in [0.2, 0.25) is 0 Å². The van der Waals surface area contributed by atoms with Crippen LogP contribution in [-0.4, -0.2) is 20.4 Å². The molecule has 52 heavy (non-hydrogen) atoms. The summed E-state index contributed by atoms with van der Waals surface area (Å²) in [6, 6.07) is 25.2. The highest BCUT2D eigenvalue weighted by Crippen LogP contribution is 2.82. The number of rotatable bonds is 5. The van der Waals surface area contributed by atoms with Gasteiger partial charge in [0, 0.05) is 0 Å². The van der Waals surface area contributed by atoms with Crippen LogP contribution in [0, 0.1) is 22.7 Å². The first kappa shape index (κ1) is 34.5. The molecule has 0 amide bonds. The zero-order valence-corrected chi connectivity index (χ0v) is 35.2. The molecule has 4 atom stereocenters. The molecule has 4 unspecified atom stereocenters. The van der Waals surface area contributed by atoms with Gasteiger partial charge in [-0.1, -0.05) is 24.3 Å². The normalized spacial score (nSPS) is 38.2. The van der Waals surface area contributed by atoms with Crippen molar-refractivity contribution in [2.75, 3.05) is 0 Å². The summed E-state index contributed by atoms with van der Waals surface area (Å²) in [5.41, 5.74) is 5.38. The number of phenols is 4. The van der Waals surface area contributed by atoms with E-state index >= 15 is 0 Å². The maximum atomic E-state index is 10.6. The van der Waals surface area contributed by atoms with Crippen LogP contribution in [0.1, 0.15) is 99.3 Å². The standard InChI is InChI=1S/C44H42Br4O4/c45-31-9-27(1-5-35(31)49)39-13-25-14-40(19-39,28-2-6-36(50)32(46)10-28)22-43(17-25,21-39)44-18-26-15-41(23-44,29-3-7-37(51)33(47)11-29)20-42(16-26,24-44)30-4-8-38(52)34(48)12-30/h1-12,25-26,49-52H,13-24H2. The van der Waals surface area contributed by atoms with Crippen molar-refractivity contribution in [1.29, 1.82) is 0 Å². The lowest BCUT2D eigenvalue weighted by atomic mass is 9.26. The van der Waals surface area contributed by atoms with E-state index in [1.54, 1.807) is 0 Å². The Morgan fingerprint density at radius 1 is 0.365 bits per heavy atom. The van der Waals surface area contributed by atoms with Crippen LogP contribution in [0.3, 0.4) is 0 Å². The van der Waals surface area contributed by atoms with Crippen LogP contribution in [0.25, 0.3) is 0 Å². The molecule has 0 aromatic heterocycles. The zero-order chi connectivity index (χ0) is 36.1. The average Bonchev–Trinajstić information content (AvgIpc) is 3.08. The van der Waals surface area contributed by atoms with E-state index in [2.05, 4.69) is 112 Å². The second-order valence-corrected chi connectivity index (χ2v) is 21.8. The quantitative estimate of drug-likeness (QED) is 0.161. The van der Waals surface area contributed by atoms with E-state index in [-0.39, 0.29) is 55.5 Å². The Bertz CT molecular complexity index is 1890. The second-order valence-electron chi connectivity index (χ2n) is 18.4. The summed E-state index contributed by atoms with van der Waals surface area (Å²) < 4.78 is 3.05. The molecule has 8 bridgehead atoms. The zero-order valence-electron chi connectivity index (χ0n) is 28.9. The largest absolute Gasteiger partial charge is 0.507 e. The number of aromatic hydroxyl groups is 4. The molecule has 4 N–H and O–H groups in total. The summed E-state index contributed by atoms with van der Waals surface area (Å²) in [4.78, 5) is 0. The molecule has 0 aliphatic heterocycles. The van der Waals surface area contributed by atoms with E-state index in [9.17, 15) is 20.4 Å². The minimum Gasteiger partial charge on any atom is -0.507 e. The SMILES string of the molecule is Oc1ccc(C23CC4CC(c5ccc(O)c(Br)c5)(C2)CC(C25CC6CC(c7ccc(O)c(Br)c7)(CC(c7ccc(O)c(Br)c7)(C6)C2)C5)(C4)C3)cc1Br. The van der Waals surface area contributed by atoms with Gasteiger partial charge in [-0.25, -0.2) is 0 Å². The van der Waals surface area contributed by atoms with E-state index in [1.165, 1.54) is 60.8 Å².